The fourth-order valence-corrected chi connectivity index (χ4v) is 10.6. The summed E-state index contributed by atoms with van der Waals surface area (Å²) in [5, 5.41) is 2.50. The van der Waals surface area contributed by atoms with Gasteiger partial charge in [0.15, 0.2) is 0 Å². The van der Waals surface area contributed by atoms with Crippen LogP contribution in [0.3, 0.4) is 0 Å². The predicted molar refractivity (Wildman–Crippen MR) is 256 cm³/mol. The molecular formula is C59H44N2. The highest BCUT2D eigenvalue weighted by Crippen LogP contribution is 2.57. The fraction of sp³-hybridized carbons (Fsp3) is 0.0847. The molecule has 10 aromatic rings. The van der Waals surface area contributed by atoms with Crippen LogP contribution in [-0.4, -0.2) is 4.57 Å². The van der Waals surface area contributed by atoms with E-state index in [-0.39, 0.29) is 5.41 Å². The highest BCUT2D eigenvalue weighted by atomic mass is 15.1. The molecule has 61 heavy (non-hydrogen) atoms. The summed E-state index contributed by atoms with van der Waals surface area (Å²) in [5.74, 6) is 0. The van der Waals surface area contributed by atoms with E-state index in [1.807, 2.05) is 0 Å². The monoisotopic (exact) mass is 780 g/mol. The second kappa shape index (κ2) is 14.4. The Morgan fingerprint density at radius 2 is 0.836 bits per heavy atom. The number of benzene rings is 9. The third kappa shape index (κ3) is 5.85. The van der Waals surface area contributed by atoms with Gasteiger partial charge in [0.1, 0.15) is 0 Å². The zero-order valence-electron chi connectivity index (χ0n) is 34.0. The number of aromatic nitrogens is 1. The van der Waals surface area contributed by atoms with Crippen LogP contribution in [0, 0.1) is 0 Å². The molecule has 0 bridgehead atoms. The molecule has 2 heteroatoms. The highest BCUT2D eigenvalue weighted by Gasteiger charge is 2.44. The van der Waals surface area contributed by atoms with E-state index >= 15 is 0 Å². The lowest BCUT2D eigenvalue weighted by Crippen LogP contribution is -2.20. The van der Waals surface area contributed by atoms with Gasteiger partial charge in [-0.3, -0.25) is 0 Å². The Balaban J connectivity index is 0.957. The predicted octanol–water partition coefficient (Wildman–Crippen LogP) is 16.1. The third-order valence-corrected chi connectivity index (χ3v) is 13.6. The van der Waals surface area contributed by atoms with Crippen molar-refractivity contribution in [2.75, 3.05) is 4.90 Å². The molecule has 2 nitrogen and oxygen atoms in total. The summed E-state index contributed by atoms with van der Waals surface area (Å²) in [6, 6.07) is 80.6. The van der Waals surface area contributed by atoms with Crippen LogP contribution in [0.25, 0.3) is 72.0 Å². The van der Waals surface area contributed by atoms with E-state index in [4.69, 9.17) is 0 Å². The number of para-hydroxylation sites is 2. The third-order valence-electron chi connectivity index (χ3n) is 13.6. The Morgan fingerprint density at radius 3 is 1.52 bits per heavy atom. The van der Waals surface area contributed by atoms with E-state index in [1.54, 1.807) is 0 Å². The van der Waals surface area contributed by atoms with Crippen molar-refractivity contribution in [1.82, 2.24) is 4.57 Å². The Kier molecular flexibility index (Phi) is 8.38. The van der Waals surface area contributed by atoms with Gasteiger partial charge in [0.25, 0.3) is 0 Å². The van der Waals surface area contributed by atoms with E-state index < -0.39 is 0 Å². The van der Waals surface area contributed by atoms with Gasteiger partial charge in [0.05, 0.1) is 11.0 Å². The van der Waals surface area contributed by atoms with Gasteiger partial charge in [-0.1, -0.05) is 171 Å². The van der Waals surface area contributed by atoms with Crippen molar-refractivity contribution in [3.8, 4) is 50.2 Å². The maximum Gasteiger partial charge on any atom is 0.0561 e. The van der Waals surface area contributed by atoms with Crippen molar-refractivity contribution in [1.29, 1.82) is 0 Å². The fourth-order valence-electron chi connectivity index (χ4n) is 10.6. The zero-order valence-corrected chi connectivity index (χ0v) is 34.0. The van der Waals surface area contributed by atoms with Crippen LogP contribution in [-0.2, 0) is 5.41 Å². The van der Waals surface area contributed by atoms with Crippen molar-refractivity contribution in [3.05, 3.63) is 230 Å². The summed E-state index contributed by atoms with van der Waals surface area (Å²) in [5.41, 5.74) is 20.3. The first kappa shape index (κ1) is 35.5. The molecule has 0 aliphatic heterocycles. The van der Waals surface area contributed by atoms with Gasteiger partial charge in [0, 0.05) is 38.9 Å². The summed E-state index contributed by atoms with van der Waals surface area (Å²) in [6.45, 7) is 0. The smallest absolute Gasteiger partial charge is 0.0561 e. The molecule has 0 saturated heterocycles. The van der Waals surface area contributed by atoms with E-state index in [0.29, 0.717) is 0 Å². The van der Waals surface area contributed by atoms with Gasteiger partial charge < -0.3 is 9.47 Å². The lowest BCUT2D eigenvalue weighted by molar-refractivity contribution is 0.550. The summed E-state index contributed by atoms with van der Waals surface area (Å²) >= 11 is 0. The molecule has 0 N–H and O–H groups in total. The molecule has 0 unspecified atom stereocenters. The van der Waals surface area contributed by atoms with Gasteiger partial charge in [-0.15, -0.1) is 0 Å². The second-order valence-corrected chi connectivity index (χ2v) is 16.9. The van der Waals surface area contributed by atoms with Gasteiger partial charge >= 0.3 is 0 Å². The molecule has 1 saturated carbocycles. The summed E-state index contributed by atoms with van der Waals surface area (Å²) in [4.78, 5) is 2.41. The Bertz CT molecular complexity index is 3210. The largest absolute Gasteiger partial charge is 0.310 e. The van der Waals surface area contributed by atoms with Crippen LogP contribution in [0.1, 0.15) is 36.8 Å². The first-order chi connectivity index (χ1) is 30.2. The minimum atomic E-state index is 0.148. The van der Waals surface area contributed by atoms with Crippen molar-refractivity contribution in [3.63, 3.8) is 0 Å². The summed E-state index contributed by atoms with van der Waals surface area (Å²) in [7, 11) is 0. The van der Waals surface area contributed by atoms with Crippen LogP contribution in [0.2, 0.25) is 0 Å². The standard InChI is InChI=1S/C59H44N2/c1-3-13-41(14-4-1)42-21-23-43(24-22-42)44-25-30-48(31-26-44)60(50-34-36-54-53-18-8-10-20-57(53)61(58(54)40-50)47-15-5-2-6-16-47)49-32-27-45(28-33-49)46-29-35-52-51-17-7-9-19-55(51)59(56(52)39-46)37-11-12-38-59/h1-10,13-36,39-40H,11-12,37-38H2. The molecule has 290 valence electrons. The minimum Gasteiger partial charge on any atom is -0.310 e. The first-order valence-electron chi connectivity index (χ1n) is 21.7. The van der Waals surface area contributed by atoms with E-state index in [9.17, 15) is 0 Å². The van der Waals surface area contributed by atoms with Crippen molar-refractivity contribution in [2.45, 2.75) is 31.1 Å². The second-order valence-electron chi connectivity index (χ2n) is 16.9. The maximum atomic E-state index is 2.51. The van der Waals surface area contributed by atoms with E-state index in [2.05, 4.69) is 228 Å². The molecule has 2 aliphatic carbocycles. The van der Waals surface area contributed by atoms with Crippen molar-refractivity contribution < 1.29 is 0 Å². The molecular weight excluding hydrogens is 737 g/mol. The van der Waals surface area contributed by atoms with Crippen LogP contribution in [0.15, 0.2) is 218 Å². The van der Waals surface area contributed by atoms with Crippen LogP contribution < -0.4 is 4.90 Å². The molecule has 0 atom stereocenters. The molecule has 0 radical (unpaired) electrons. The molecule has 1 fully saturated rings. The number of rotatable bonds is 7. The number of hydrogen-bond donors (Lipinski definition) is 0. The lowest BCUT2D eigenvalue weighted by atomic mass is 9.76. The number of nitrogens with zero attached hydrogens (tertiary/aromatic N) is 2. The SMILES string of the molecule is c1ccc(-c2ccc(-c3ccc(N(c4ccc(-c5ccc6c(c5)C5(CCCC5)c5ccccc5-6)cc4)c4ccc5c6ccccc6n(-c6ccccc6)c5c4)cc3)cc2)cc1. The average Bonchev–Trinajstić information content (AvgIpc) is 4.04. The van der Waals surface area contributed by atoms with E-state index in [0.717, 1.165) is 22.7 Å². The van der Waals surface area contributed by atoms with Crippen LogP contribution in [0.5, 0.6) is 0 Å². The number of anilines is 3. The molecule has 0 amide bonds. The normalized spacial score (nSPS) is 13.8. The lowest BCUT2D eigenvalue weighted by Gasteiger charge is -2.27. The number of hydrogen-bond acceptors (Lipinski definition) is 1. The van der Waals surface area contributed by atoms with Crippen LogP contribution in [0.4, 0.5) is 17.1 Å². The molecule has 9 aromatic carbocycles. The Hall–Kier alpha value is -7.42. The minimum absolute atomic E-state index is 0.148. The molecule has 1 spiro atoms. The zero-order chi connectivity index (χ0) is 40.3. The van der Waals surface area contributed by atoms with Gasteiger partial charge in [0.2, 0.25) is 0 Å². The van der Waals surface area contributed by atoms with Crippen LogP contribution >= 0.6 is 0 Å². The average molecular weight is 781 g/mol. The highest BCUT2D eigenvalue weighted by molar-refractivity contribution is 6.10. The van der Waals surface area contributed by atoms with Gasteiger partial charge in [-0.05, 0) is 129 Å². The number of fused-ring (bicyclic) bond motifs is 8. The Morgan fingerprint density at radius 1 is 0.344 bits per heavy atom. The van der Waals surface area contributed by atoms with Crippen molar-refractivity contribution in [2.24, 2.45) is 0 Å². The molecule has 12 rings (SSSR count). The molecule has 1 heterocycles. The van der Waals surface area contributed by atoms with Crippen molar-refractivity contribution >= 4 is 38.9 Å². The maximum absolute atomic E-state index is 2.51. The summed E-state index contributed by atoms with van der Waals surface area (Å²) < 4.78 is 2.40. The first-order valence-corrected chi connectivity index (χ1v) is 21.7. The molecule has 2 aliphatic rings. The quantitative estimate of drug-likeness (QED) is 0.156. The topological polar surface area (TPSA) is 8.17 Å². The van der Waals surface area contributed by atoms with Gasteiger partial charge in [-0.2, -0.15) is 0 Å². The van der Waals surface area contributed by atoms with Gasteiger partial charge in [-0.25, -0.2) is 0 Å². The summed E-state index contributed by atoms with van der Waals surface area (Å²) in [6.07, 6.45) is 5.06. The Labute approximate surface area is 357 Å². The molecule has 1 aromatic heterocycles. The van der Waals surface area contributed by atoms with E-state index in [1.165, 1.54) is 103 Å².